The number of nitrogens with one attached hydrogen (secondary N) is 2. The molecular weight excluding hydrogens is 418 g/mol. The Morgan fingerprint density at radius 1 is 1.03 bits per heavy atom. The first-order chi connectivity index (χ1) is 14.8. The molecule has 31 heavy (non-hydrogen) atoms. The normalized spacial score (nSPS) is 11.3. The van der Waals surface area contributed by atoms with E-state index >= 15 is 0 Å². The van der Waals surface area contributed by atoms with Crippen molar-refractivity contribution in [2.24, 2.45) is 0 Å². The van der Waals surface area contributed by atoms with Crippen molar-refractivity contribution in [2.75, 3.05) is 6.54 Å². The highest BCUT2D eigenvalue weighted by molar-refractivity contribution is 7.89. The van der Waals surface area contributed by atoms with Crippen LogP contribution in [0.15, 0.2) is 66.1 Å². The minimum atomic E-state index is -3.76. The fourth-order valence-corrected chi connectivity index (χ4v) is 3.94. The van der Waals surface area contributed by atoms with Gasteiger partial charge in [0, 0.05) is 25.1 Å². The average Bonchev–Trinajstić information content (AvgIpc) is 3.26. The molecular formula is C21H23N5O4S. The Morgan fingerprint density at radius 2 is 1.74 bits per heavy atom. The van der Waals surface area contributed by atoms with Crippen molar-refractivity contribution in [1.29, 1.82) is 0 Å². The number of hydrogen-bond acceptors (Lipinski definition) is 6. The van der Waals surface area contributed by atoms with Crippen LogP contribution in [-0.2, 0) is 27.9 Å². The number of aromatic nitrogens is 3. The van der Waals surface area contributed by atoms with Crippen molar-refractivity contribution in [2.45, 2.75) is 31.3 Å². The summed E-state index contributed by atoms with van der Waals surface area (Å²) in [6.07, 6.45) is 3.08. The first kappa shape index (κ1) is 22.3. The zero-order valence-corrected chi connectivity index (χ0v) is 17.8. The maximum Gasteiger partial charge on any atom is 0.240 e. The summed E-state index contributed by atoms with van der Waals surface area (Å²) in [5.74, 6) is -0.415. The standard InChI is InChI=1S/C21H23N5O4S/c1-16(27)17-6-8-20(9-7-17)31(29,30)25-11-10-21(28)23-12-18-4-2-3-5-19(18)13-26-15-22-14-24-26/h2-9,14-15,25H,10-13H2,1H3,(H,23,28). The predicted octanol–water partition coefficient (Wildman–Crippen LogP) is 1.51. The Bertz CT molecular complexity index is 1140. The molecule has 0 fully saturated rings. The second-order valence-electron chi connectivity index (χ2n) is 6.87. The minimum absolute atomic E-state index is 0.00397. The second-order valence-corrected chi connectivity index (χ2v) is 8.63. The molecule has 1 aromatic heterocycles. The summed E-state index contributed by atoms with van der Waals surface area (Å²) in [5.41, 5.74) is 2.38. The molecule has 0 spiro atoms. The van der Waals surface area contributed by atoms with Crippen molar-refractivity contribution in [3.63, 3.8) is 0 Å². The average molecular weight is 442 g/mol. The molecule has 9 nitrogen and oxygen atoms in total. The van der Waals surface area contributed by atoms with Gasteiger partial charge in [0.2, 0.25) is 15.9 Å². The molecule has 0 unspecified atom stereocenters. The molecule has 0 saturated heterocycles. The van der Waals surface area contributed by atoms with E-state index in [4.69, 9.17) is 0 Å². The lowest BCUT2D eigenvalue weighted by molar-refractivity contribution is -0.121. The first-order valence-electron chi connectivity index (χ1n) is 9.62. The number of nitrogens with zero attached hydrogens (tertiary/aromatic N) is 3. The van der Waals surface area contributed by atoms with Crippen molar-refractivity contribution in [1.82, 2.24) is 24.8 Å². The molecule has 10 heteroatoms. The zero-order valence-electron chi connectivity index (χ0n) is 17.0. The Kier molecular flexibility index (Phi) is 7.27. The van der Waals surface area contributed by atoms with Gasteiger partial charge in [0.05, 0.1) is 11.4 Å². The summed E-state index contributed by atoms with van der Waals surface area (Å²) in [7, 11) is -3.76. The lowest BCUT2D eigenvalue weighted by Crippen LogP contribution is -2.30. The Balaban J connectivity index is 1.49. The molecule has 0 aliphatic heterocycles. The third-order valence-electron chi connectivity index (χ3n) is 4.61. The Labute approximate surface area is 180 Å². The van der Waals surface area contributed by atoms with Crippen molar-refractivity contribution >= 4 is 21.7 Å². The van der Waals surface area contributed by atoms with Crippen LogP contribution in [0.4, 0.5) is 0 Å². The highest BCUT2D eigenvalue weighted by Gasteiger charge is 2.15. The number of amides is 1. The van der Waals surface area contributed by atoms with Gasteiger partial charge in [0.1, 0.15) is 12.7 Å². The predicted molar refractivity (Wildman–Crippen MR) is 114 cm³/mol. The molecule has 2 N–H and O–H groups in total. The molecule has 0 aliphatic rings. The van der Waals surface area contributed by atoms with Gasteiger partial charge in [-0.2, -0.15) is 5.10 Å². The van der Waals surface area contributed by atoms with Crippen molar-refractivity contribution in [3.8, 4) is 0 Å². The van der Waals surface area contributed by atoms with Gasteiger partial charge in [-0.1, -0.05) is 36.4 Å². The molecule has 3 rings (SSSR count). The molecule has 3 aromatic rings. The van der Waals surface area contributed by atoms with Crippen LogP contribution in [0.25, 0.3) is 0 Å². The maximum atomic E-state index is 12.3. The van der Waals surface area contributed by atoms with Gasteiger partial charge in [-0.05, 0) is 30.2 Å². The number of ketones is 1. The van der Waals surface area contributed by atoms with Gasteiger partial charge >= 0.3 is 0 Å². The zero-order chi connectivity index (χ0) is 22.3. The minimum Gasteiger partial charge on any atom is -0.352 e. The monoisotopic (exact) mass is 441 g/mol. The van der Waals surface area contributed by atoms with Gasteiger partial charge in [0.15, 0.2) is 5.78 Å². The number of sulfonamides is 1. The number of Topliss-reactive ketones (excluding diaryl/α,β-unsaturated/α-hetero) is 1. The molecule has 0 atom stereocenters. The molecule has 1 heterocycles. The van der Waals surface area contributed by atoms with E-state index < -0.39 is 10.0 Å². The maximum absolute atomic E-state index is 12.3. The van der Waals surface area contributed by atoms with E-state index in [1.165, 1.54) is 37.5 Å². The van der Waals surface area contributed by atoms with E-state index in [1.807, 2.05) is 24.3 Å². The molecule has 2 aromatic carbocycles. The van der Waals surface area contributed by atoms with Crippen LogP contribution >= 0.6 is 0 Å². The largest absolute Gasteiger partial charge is 0.352 e. The van der Waals surface area contributed by atoms with E-state index in [0.29, 0.717) is 18.7 Å². The fraction of sp³-hybridized carbons (Fsp3) is 0.238. The molecule has 0 saturated carbocycles. The third kappa shape index (κ3) is 6.30. The topological polar surface area (TPSA) is 123 Å². The van der Waals surface area contributed by atoms with Crippen LogP contribution in [0.1, 0.15) is 34.8 Å². The lowest BCUT2D eigenvalue weighted by atomic mass is 10.1. The summed E-state index contributed by atoms with van der Waals surface area (Å²) in [5, 5.41) is 6.89. The molecule has 162 valence electrons. The van der Waals surface area contributed by atoms with E-state index in [0.717, 1.165) is 11.1 Å². The van der Waals surface area contributed by atoms with Crippen molar-refractivity contribution < 1.29 is 18.0 Å². The molecule has 0 radical (unpaired) electrons. The quantitative estimate of drug-likeness (QED) is 0.460. The summed E-state index contributed by atoms with van der Waals surface area (Å²) < 4.78 is 28.8. The van der Waals surface area contributed by atoms with Crippen LogP contribution in [-0.4, -0.2) is 41.4 Å². The number of benzene rings is 2. The third-order valence-corrected chi connectivity index (χ3v) is 6.09. The van der Waals surface area contributed by atoms with E-state index in [1.54, 1.807) is 11.0 Å². The van der Waals surface area contributed by atoms with E-state index in [-0.39, 0.29) is 29.6 Å². The first-order valence-corrected chi connectivity index (χ1v) is 11.1. The Hall–Kier alpha value is -3.37. The second kappa shape index (κ2) is 10.1. The summed E-state index contributed by atoms with van der Waals surface area (Å²) in [4.78, 5) is 27.4. The molecule has 1 amide bonds. The molecule has 0 bridgehead atoms. The number of hydrogen-bond donors (Lipinski definition) is 2. The van der Waals surface area contributed by atoms with Gasteiger partial charge in [-0.3, -0.25) is 9.59 Å². The van der Waals surface area contributed by atoms with Gasteiger partial charge in [0.25, 0.3) is 0 Å². The summed E-state index contributed by atoms with van der Waals surface area (Å²) in [6, 6.07) is 13.3. The van der Waals surface area contributed by atoms with Crippen LogP contribution in [0.2, 0.25) is 0 Å². The van der Waals surface area contributed by atoms with Crippen LogP contribution in [0.5, 0.6) is 0 Å². The van der Waals surface area contributed by atoms with Crippen molar-refractivity contribution in [3.05, 3.63) is 77.9 Å². The highest BCUT2D eigenvalue weighted by atomic mass is 32.2. The van der Waals surface area contributed by atoms with Gasteiger partial charge < -0.3 is 5.32 Å². The van der Waals surface area contributed by atoms with Gasteiger partial charge in [-0.25, -0.2) is 22.8 Å². The SMILES string of the molecule is CC(=O)c1ccc(S(=O)(=O)NCCC(=O)NCc2ccccc2Cn2cncn2)cc1. The lowest BCUT2D eigenvalue weighted by Gasteiger charge is -2.11. The summed E-state index contributed by atoms with van der Waals surface area (Å²) in [6.45, 7) is 2.23. The van der Waals surface area contributed by atoms with Gasteiger partial charge in [-0.15, -0.1) is 0 Å². The van der Waals surface area contributed by atoms with E-state index in [9.17, 15) is 18.0 Å². The van der Waals surface area contributed by atoms with Crippen LogP contribution in [0, 0.1) is 0 Å². The Morgan fingerprint density at radius 3 is 2.39 bits per heavy atom. The number of rotatable bonds is 10. The number of carbonyl (C=O) groups excluding carboxylic acids is 2. The van der Waals surface area contributed by atoms with Crippen LogP contribution in [0.3, 0.4) is 0 Å². The fourth-order valence-electron chi connectivity index (χ4n) is 2.91. The van der Waals surface area contributed by atoms with E-state index in [2.05, 4.69) is 20.1 Å². The smallest absolute Gasteiger partial charge is 0.240 e. The highest BCUT2D eigenvalue weighted by Crippen LogP contribution is 2.12. The number of carbonyl (C=O) groups is 2. The molecule has 0 aliphatic carbocycles. The summed E-state index contributed by atoms with van der Waals surface area (Å²) >= 11 is 0. The van der Waals surface area contributed by atoms with Crippen LogP contribution < -0.4 is 10.0 Å².